The topological polar surface area (TPSA) is 75.4 Å². The third-order valence-electron chi connectivity index (χ3n) is 2.42. The van der Waals surface area contributed by atoms with Gasteiger partial charge in [-0.25, -0.2) is 0 Å². The molecule has 0 bridgehead atoms. The molecule has 0 fully saturated rings. The van der Waals surface area contributed by atoms with E-state index in [1.54, 1.807) is 26.0 Å². The number of hydrogen-bond donors (Lipinski definition) is 3. The highest BCUT2D eigenvalue weighted by Gasteiger charge is 2.18. The second kappa shape index (κ2) is 5.32. The van der Waals surface area contributed by atoms with Gasteiger partial charge in [0.15, 0.2) is 0 Å². The molecule has 1 rings (SSSR count). The Hall–Kier alpha value is -1.07. The van der Waals surface area contributed by atoms with Crippen molar-refractivity contribution in [2.75, 3.05) is 5.32 Å². The molecule has 2 atom stereocenters. The third kappa shape index (κ3) is 3.21. The number of amides is 1. The minimum Gasteiger partial charge on any atom is -0.506 e. The number of aromatic hydroxyl groups is 1. The molecule has 1 aromatic carbocycles. The number of carbonyl (C=O) groups excluding carboxylic acids is 1. The molecule has 0 radical (unpaired) electrons. The largest absolute Gasteiger partial charge is 0.506 e. The number of phenols is 1. The number of nitrogens with one attached hydrogen (secondary N) is 1. The van der Waals surface area contributed by atoms with Crippen molar-refractivity contribution in [1.82, 2.24) is 0 Å². The maximum atomic E-state index is 11.7. The van der Waals surface area contributed by atoms with Crippen molar-refractivity contribution in [3.63, 3.8) is 0 Å². The number of nitrogens with two attached hydrogens (primary N) is 1. The Balaban J connectivity index is 2.80. The zero-order valence-corrected chi connectivity index (χ0v) is 10.8. The summed E-state index contributed by atoms with van der Waals surface area (Å²) < 4.78 is 0.786. The lowest BCUT2D eigenvalue weighted by atomic mass is 10.0. The third-order valence-corrected chi connectivity index (χ3v) is 2.91. The predicted molar refractivity (Wildman–Crippen MR) is 67.2 cm³/mol. The fourth-order valence-electron chi connectivity index (χ4n) is 1.09. The molecule has 88 valence electrons. The van der Waals surface area contributed by atoms with Crippen LogP contribution in [0.25, 0.3) is 0 Å². The molecular formula is C11H15BrN2O2. The van der Waals surface area contributed by atoms with Crippen molar-refractivity contribution < 1.29 is 9.90 Å². The number of phenolic OH excluding ortho intramolecular Hbond substituents is 1. The molecule has 5 heteroatoms. The first kappa shape index (κ1) is 13.0. The van der Waals surface area contributed by atoms with Crippen molar-refractivity contribution in [1.29, 1.82) is 0 Å². The molecule has 0 aliphatic heterocycles. The van der Waals surface area contributed by atoms with Crippen LogP contribution < -0.4 is 11.1 Å². The SMILES string of the molecule is CC(N)C(C)C(=O)Nc1cc(Br)ccc1O. The summed E-state index contributed by atoms with van der Waals surface area (Å²) in [6, 6.07) is 4.62. The van der Waals surface area contributed by atoms with Crippen LogP contribution in [0.1, 0.15) is 13.8 Å². The van der Waals surface area contributed by atoms with E-state index in [2.05, 4.69) is 21.2 Å². The van der Waals surface area contributed by atoms with E-state index in [4.69, 9.17) is 5.73 Å². The summed E-state index contributed by atoms with van der Waals surface area (Å²) in [5.74, 6) is -0.477. The lowest BCUT2D eigenvalue weighted by molar-refractivity contribution is -0.119. The normalized spacial score (nSPS) is 14.2. The van der Waals surface area contributed by atoms with Crippen molar-refractivity contribution in [3.8, 4) is 5.75 Å². The molecule has 0 saturated carbocycles. The van der Waals surface area contributed by atoms with Crippen LogP contribution in [0, 0.1) is 5.92 Å². The number of benzene rings is 1. The van der Waals surface area contributed by atoms with Crippen LogP contribution in [0.15, 0.2) is 22.7 Å². The second-order valence-electron chi connectivity index (χ2n) is 3.80. The second-order valence-corrected chi connectivity index (χ2v) is 4.71. The Labute approximate surface area is 103 Å². The van der Waals surface area contributed by atoms with E-state index in [0.717, 1.165) is 4.47 Å². The summed E-state index contributed by atoms with van der Waals surface area (Å²) in [6.07, 6.45) is 0. The van der Waals surface area contributed by atoms with E-state index in [-0.39, 0.29) is 23.6 Å². The highest BCUT2D eigenvalue weighted by atomic mass is 79.9. The summed E-state index contributed by atoms with van der Waals surface area (Å²) in [6.45, 7) is 3.51. The molecule has 1 aromatic rings. The maximum absolute atomic E-state index is 11.7. The monoisotopic (exact) mass is 286 g/mol. The number of carbonyl (C=O) groups is 1. The van der Waals surface area contributed by atoms with Gasteiger partial charge in [-0.05, 0) is 25.1 Å². The van der Waals surface area contributed by atoms with Crippen molar-refractivity contribution >= 4 is 27.5 Å². The van der Waals surface area contributed by atoms with Crippen LogP contribution in [0.4, 0.5) is 5.69 Å². The fourth-order valence-corrected chi connectivity index (χ4v) is 1.45. The lowest BCUT2D eigenvalue weighted by Gasteiger charge is -2.16. The summed E-state index contributed by atoms with van der Waals surface area (Å²) >= 11 is 3.27. The van der Waals surface area contributed by atoms with E-state index in [9.17, 15) is 9.90 Å². The molecule has 4 N–H and O–H groups in total. The lowest BCUT2D eigenvalue weighted by Crippen LogP contribution is -2.34. The predicted octanol–water partition coefficient (Wildman–Crippen LogP) is 2.08. The number of hydrogen-bond acceptors (Lipinski definition) is 3. The van der Waals surface area contributed by atoms with Gasteiger partial charge >= 0.3 is 0 Å². The van der Waals surface area contributed by atoms with Gasteiger partial charge in [-0.3, -0.25) is 4.79 Å². The van der Waals surface area contributed by atoms with Gasteiger partial charge in [0, 0.05) is 10.5 Å². The van der Waals surface area contributed by atoms with E-state index in [1.807, 2.05) is 0 Å². The Bertz CT molecular complexity index is 394. The van der Waals surface area contributed by atoms with Gasteiger partial charge in [0.2, 0.25) is 5.91 Å². The van der Waals surface area contributed by atoms with Gasteiger partial charge in [-0.1, -0.05) is 22.9 Å². The molecular weight excluding hydrogens is 272 g/mol. The number of anilines is 1. The van der Waals surface area contributed by atoms with Gasteiger partial charge < -0.3 is 16.2 Å². The van der Waals surface area contributed by atoms with Gasteiger partial charge in [0.05, 0.1) is 11.6 Å². The summed E-state index contributed by atoms with van der Waals surface area (Å²) in [7, 11) is 0. The summed E-state index contributed by atoms with van der Waals surface area (Å²) in [4.78, 5) is 11.7. The molecule has 0 aliphatic carbocycles. The molecule has 16 heavy (non-hydrogen) atoms. The molecule has 0 aliphatic rings. The first-order valence-electron chi connectivity index (χ1n) is 4.96. The van der Waals surface area contributed by atoms with Crippen LogP contribution in [0.3, 0.4) is 0 Å². The van der Waals surface area contributed by atoms with Gasteiger partial charge in [-0.15, -0.1) is 0 Å². The van der Waals surface area contributed by atoms with Crippen LogP contribution in [0.2, 0.25) is 0 Å². The van der Waals surface area contributed by atoms with Crippen molar-refractivity contribution in [2.24, 2.45) is 11.7 Å². The van der Waals surface area contributed by atoms with E-state index in [0.29, 0.717) is 5.69 Å². The fraction of sp³-hybridized carbons (Fsp3) is 0.364. The maximum Gasteiger partial charge on any atom is 0.228 e. The van der Waals surface area contributed by atoms with Gasteiger partial charge in [0.1, 0.15) is 5.75 Å². The van der Waals surface area contributed by atoms with E-state index >= 15 is 0 Å². The Morgan fingerprint density at radius 3 is 2.69 bits per heavy atom. The van der Waals surface area contributed by atoms with Gasteiger partial charge in [-0.2, -0.15) is 0 Å². The van der Waals surface area contributed by atoms with E-state index in [1.165, 1.54) is 6.07 Å². The Kier molecular flexibility index (Phi) is 4.32. The molecule has 2 unspecified atom stereocenters. The summed E-state index contributed by atoms with van der Waals surface area (Å²) in [5.41, 5.74) is 6.01. The minimum absolute atomic E-state index is 0.0356. The molecule has 0 spiro atoms. The first-order valence-corrected chi connectivity index (χ1v) is 5.76. The molecule has 4 nitrogen and oxygen atoms in total. The molecule has 1 amide bonds. The van der Waals surface area contributed by atoms with Crippen molar-refractivity contribution in [3.05, 3.63) is 22.7 Å². The average Bonchev–Trinajstić information content (AvgIpc) is 2.22. The standard InChI is InChI=1S/C11H15BrN2O2/c1-6(7(2)13)11(16)14-9-5-8(12)3-4-10(9)15/h3-7,15H,13H2,1-2H3,(H,14,16). The highest BCUT2D eigenvalue weighted by Crippen LogP contribution is 2.27. The first-order chi connectivity index (χ1) is 7.41. The average molecular weight is 287 g/mol. The number of rotatable bonds is 3. The molecule has 0 saturated heterocycles. The number of halogens is 1. The minimum atomic E-state index is -0.307. The van der Waals surface area contributed by atoms with Crippen LogP contribution in [-0.4, -0.2) is 17.1 Å². The highest BCUT2D eigenvalue weighted by molar-refractivity contribution is 9.10. The Morgan fingerprint density at radius 1 is 1.50 bits per heavy atom. The molecule has 0 heterocycles. The quantitative estimate of drug-likeness (QED) is 0.745. The zero-order valence-electron chi connectivity index (χ0n) is 9.20. The smallest absolute Gasteiger partial charge is 0.228 e. The van der Waals surface area contributed by atoms with Crippen LogP contribution >= 0.6 is 15.9 Å². The molecule has 0 aromatic heterocycles. The van der Waals surface area contributed by atoms with Crippen LogP contribution in [-0.2, 0) is 4.79 Å². The van der Waals surface area contributed by atoms with Crippen LogP contribution in [0.5, 0.6) is 5.75 Å². The Morgan fingerprint density at radius 2 is 2.12 bits per heavy atom. The van der Waals surface area contributed by atoms with Gasteiger partial charge in [0.25, 0.3) is 0 Å². The van der Waals surface area contributed by atoms with Crippen molar-refractivity contribution in [2.45, 2.75) is 19.9 Å². The van der Waals surface area contributed by atoms with E-state index < -0.39 is 0 Å². The zero-order chi connectivity index (χ0) is 12.3. The summed E-state index contributed by atoms with van der Waals surface area (Å²) in [5, 5.41) is 12.2.